The van der Waals surface area contributed by atoms with Gasteiger partial charge in [0.25, 0.3) is 0 Å². The average Bonchev–Trinajstić information content (AvgIpc) is 3.36. The molecule has 0 aromatic heterocycles. The van der Waals surface area contributed by atoms with Crippen LogP contribution < -0.4 is 5.32 Å². The molecule has 0 radical (unpaired) electrons. The van der Waals surface area contributed by atoms with Crippen LogP contribution in [0.2, 0.25) is 0 Å². The maximum absolute atomic E-state index is 10.8. The van der Waals surface area contributed by atoms with Crippen molar-refractivity contribution in [3.8, 4) is 0 Å². The number of hydrogen-bond donors (Lipinski definition) is 3. The van der Waals surface area contributed by atoms with Crippen molar-refractivity contribution in [2.24, 2.45) is 5.41 Å². The van der Waals surface area contributed by atoms with Gasteiger partial charge in [0, 0.05) is 18.5 Å². The van der Waals surface area contributed by atoms with Gasteiger partial charge in [-0.2, -0.15) is 0 Å². The minimum absolute atomic E-state index is 0.0671. The summed E-state index contributed by atoms with van der Waals surface area (Å²) in [5.74, 6) is -0.910. The lowest BCUT2D eigenvalue weighted by atomic mass is 9.92. The van der Waals surface area contributed by atoms with E-state index in [9.17, 15) is 9.90 Å². The van der Waals surface area contributed by atoms with E-state index < -0.39 is 12.1 Å². The fourth-order valence-electron chi connectivity index (χ4n) is 2.92. The van der Waals surface area contributed by atoms with Gasteiger partial charge < -0.3 is 15.5 Å². The van der Waals surface area contributed by atoms with Gasteiger partial charge in [0.05, 0.1) is 11.7 Å². The van der Waals surface area contributed by atoms with Gasteiger partial charge in [-0.25, -0.2) is 4.79 Å². The molecule has 1 unspecified atom stereocenters. The molecule has 3 rings (SSSR count). The zero-order valence-electron chi connectivity index (χ0n) is 12.9. The van der Waals surface area contributed by atoms with Gasteiger partial charge >= 0.3 is 5.97 Å². The molecule has 4 heteroatoms. The third-order valence-electron chi connectivity index (χ3n) is 4.59. The highest BCUT2D eigenvalue weighted by molar-refractivity contribution is 5.87. The first kappa shape index (κ1) is 15.7. The number of benzene rings is 2. The van der Waals surface area contributed by atoms with Gasteiger partial charge in [-0.1, -0.05) is 42.5 Å². The number of carboxylic acids is 1. The molecule has 2 aromatic rings. The first-order valence-corrected chi connectivity index (χ1v) is 7.87. The van der Waals surface area contributed by atoms with Crippen molar-refractivity contribution in [1.82, 2.24) is 5.32 Å². The third-order valence-corrected chi connectivity index (χ3v) is 4.59. The summed E-state index contributed by atoms with van der Waals surface area (Å²) >= 11 is 0. The van der Waals surface area contributed by atoms with Gasteiger partial charge in [0.15, 0.2) is 0 Å². The fraction of sp³-hybridized carbons (Fsp3) is 0.316. The summed E-state index contributed by atoms with van der Waals surface area (Å²) in [5, 5.41) is 22.9. The molecular weight excluding hydrogens is 290 g/mol. The maximum Gasteiger partial charge on any atom is 0.335 e. The molecule has 0 spiro atoms. The monoisotopic (exact) mass is 311 g/mol. The highest BCUT2D eigenvalue weighted by Gasteiger charge is 2.48. The quantitative estimate of drug-likeness (QED) is 0.735. The van der Waals surface area contributed by atoms with E-state index >= 15 is 0 Å². The predicted molar refractivity (Wildman–Crippen MR) is 88.2 cm³/mol. The summed E-state index contributed by atoms with van der Waals surface area (Å²) in [7, 11) is 0. The van der Waals surface area contributed by atoms with E-state index in [0.717, 1.165) is 30.5 Å². The van der Waals surface area contributed by atoms with Gasteiger partial charge in [-0.05, 0) is 36.1 Å². The lowest BCUT2D eigenvalue weighted by molar-refractivity contribution is 0.0697. The minimum Gasteiger partial charge on any atom is -0.478 e. The zero-order valence-corrected chi connectivity index (χ0v) is 12.9. The van der Waals surface area contributed by atoms with E-state index in [1.54, 1.807) is 12.1 Å². The molecule has 0 amide bonds. The summed E-state index contributed by atoms with van der Waals surface area (Å²) < 4.78 is 0. The molecule has 0 saturated heterocycles. The Morgan fingerprint density at radius 3 is 2.30 bits per heavy atom. The number of aromatic carboxylic acids is 1. The van der Waals surface area contributed by atoms with Crippen molar-refractivity contribution in [2.45, 2.75) is 25.5 Å². The van der Waals surface area contributed by atoms with E-state index in [2.05, 4.69) is 5.32 Å². The van der Waals surface area contributed by atoms with Gasteiger partial charge in [0.2, 0.25) is 0 Å². The second-order valence-corrected chi connectivity index (χ2v) is 6.28. The molecule has 4 nitrogen and oxygen atoms in total. The SMILES string of the molecule is O=C(O)c1ccc(CNCC2(C(O)c3ccccc3)CC2)cc1. The first-order chi connectivity index (χ1) is 11.1. The largest absolute Gasteiger partial charge is 0.478 e. The summed E-state index contributed by atoms with van der Waals surface area (Å²) in [6, 6.07) is 16.7. The van der Waals surface area contributed by atoms with Crippen LogP contribution in [-0.4, -0.2) is 22.7 Å². The number of carbonyl (C=O) groups is 1. The summed E-state index contributed by atoms with van der Waals surface area (Å²) in [6.45, 7) is 1.42. The Hall–Kier alpha value is -2.17. The lowest BCUT2D eigenvalue weighted by Gasteiger charge is -2.23. The molecule has 0 heterocycles. The first-order valence-electron chi connectivity index (χ1n) is 7.87. The van der Waals surface area contributed by atoms with Crippen molar-refractivity contribution < 1.29 is 15.0 Å². The number of rotatable bonds is 7. The van der Waals surface area contributed by atoms with Crippen LogP contribution in [0.4, 0.5) is 0 Å². The molecular formula is C19H21NO3. The van der Waals surface area contributed by atoms with Crippen LogP contribution >= 0.6 is 0 Å². The van der Waals surface area contributed by atoms with Crippen LogP contribution in [0.3, 0.4) is 0 Å². The normalized spacial score (nSPS) is 16.7. The number of hydrogen-bond acceptors (Lipinski definition) is 3. The summed E-state index contributed by atoms with van der Waals surface area (Å²) in [5.41, 5.74) is 2.24. The number of nitrogens with one attached hydrogen (secondary N) is 1. The number of aliphatic hydroxyl groups is 1. The smallest absolute Gasteiger partial charge is 0.335 e. The molecule has 120 valence electrons. The molecule has 0 aliphatic heterocycles. The molecule has 3 N–H and O–H groups in total. The molecule has 1 aliphatic rings. The molecule has 23 heavy (non-hydrogen) atoms. The molecule has 0 bridgehead atoms. The summed E-state index contributed by atoms with van der Waals surface area (Å²) in [4.78, 5) is 10.8. The minimum atomic E-state index is -0.910. The zero-order chi connectivity index (χ0) is 16.3. The fourth-order valence-corrected chi connectivity index (χ4v) is 2.92. The second kappa shape index (κ2) is 6.52. The van der Waals surface area contributed by atoms with Crippen LogP contribution in [0.25, 0.3) is 0 Å². The Labute approximate surface area is 135 Å². The van der Waals surface area contributed by atoms with Crippen molar-refractivity contribution in [3.63, 3.8) is 0 Å². The van der Waals surface area contributed by atoms with Crippen LogP contribution in [-0.2, 0) is 6.54 Å². The topological polar surface area (TPSA) is 69.6 Å². The van der Waals surface area contributed by atoms with Crippen molar-refractivity contribution in [3.05, 3.63) is 71.3 Å². The van der Waals surface area contributed by atoms with E-state index in [4.69, 9.17) is 5.11 Å². The van der Waals surface area contributed by atoms with Crippen LogP contribution in [0, 0.1) is 5.41 Å². The van der Waals surface area contributed by atoms with E-state index in [1.807, 2.05) is 42.5 Å². The second-order valence-electron chi connectivity index (χ2n) is 6.28. The van der Waals surface area contributed by atoms with Gasteiger partial charge in [0.1, 0.15) is 0 Å². The Bertz CT molecular complexity index is 663. The Morgan fingerprint density at radius 2 is 1.74 bits per heavy atom. The van der Waals surface area contributed by atoms with Crippen molar-refractivity contribution in [1.29, 1.82) is 0 Å². The predicted octanol–water partition coefficient (Wildman–Crippen LogP) is 2.99. The van der Waals surface area contributed by atoms with E-state index in [1.165, 1.54) is 0 Å². The number of aliphatic hydroxyl groups excluding tert-OH is 1. The Balaban J connectivity index is 1.55. The standard InChI is InChI=1S/C19H21NO3/c21-17(15-4-2-1-3-5-15)19(10-11-19)13-20-12-14-6-8-16(9-7-14)18(22)23/h1-9,17,20-21H,10-13H2,(H,22,23). The molecule has 2 aromatic carbocycles. The Kier molecular flexibility index (Phi) is 4.46. The summed E-state index contributed by atoms with van der Waals surface area (Å²) in [6.07, 6.45) is 1.60. The molecule has 1 atom stereocenters. The van der Waals surface area contributed by atoms with E-state index in [0.29, 0.717) is 12.1 Å². The van der Waals surface area contributed by atoms with E-state index in [-0.39, 0.29) is 5.41 Å². The molecule has 1 aliphatic carbocycles. The van der Waals surface area contributed by atoms with Crippen molar-refractivity contribution >= 4 is 5.97 Å². The molecule has 1 saturated carbocycles. The highest BCUT2D eigenvalue weighted by Crippen LogP contribution is 2.54. The molecule has 1 fully saturated rings. The lowest BCUT2D eigenvalue weighted by Crippen LogP contribution is -2.28. The Morgan fingerprint density at radius 1 is 1.09 bits per heavy atom. The maximum atomic E-state index is 10.8. The third kappa shape index (κ3) is 3.60. The number of carboxylic acid groups (broad SMARTS) is 1. The average molecular weight is 311 g/mol. The van der Waals surface area contributed by atoms with Gasteiger partial charge in [-0.15, -0.1) is 0 Å². The highest BCUT2D eigenvalue weighted by atomic mass is 16.4. The van der Waals surface area contributed by atoms with Crippen molar-refractivity contribution in [2.75, 3.05) is 6.54 Å². The van der Waals surface area contributed by atoms with Crippen LogP contribution in [0.1, 0.15) is 40.4 Å². The van der Waals surface area contributed by atoms with Crippen LogP contribution in [0.15, 0.2) is 54.6 Å². The van der Waals surface area contributed by atoms with Gasteiger partial charge in [-0.3, -0.25) is 0 Å². The van der Waals surface area contributed by atoms with Crippen LogP contribution in [0.5, 0.6) is 0 Å².